The van der Waals surface area contributed by atoms with Crippen LogP contribution in [0, 0.1) is 0 Å². The zero-order valence-corrected chi connectivity index (χ0v) is 17.9. The molecule has 1 fully saturated rings. The second kappa shape index (κ2) is 9.22. The first kappa shape index (κ1) is 21.6. The van der Waals surface area contributed by atoms with E-state index in [0.717, 1.165) is 43.9 Å². The maximum absolute atomic E-state index is 12.9. The van der Waals surface area contributed by atoms with Gasteiger partial charge in [0.1, 0.15) is 11.4 Å². The van der Waals surface area contributed by atoms with Crippen LogP contribution in [0.1, 0.15) is 40.7 Å². The van der Waals surface area contributed by atoms with E-state index in [-0.39, 0.29) is 5.78 Å². The maximum Gasteiger partial charge on any atom is 0.267 e. The van der Waals surface area contributed by atoms with Crippen molar-refractivity contribution in [3.05, 3.63) is 70.3 Å². The number of halogens is 1. The molecule has 0 bridgehead atoms. The van der Waals surface area contributed by atoms with Gasteiger partial charge in [-0.05, 0) is 47.9 Å². The van der Waals surface area contributed by atoms with Gasteiger partial charge in [0.25, 0.3) is 5.91 Å². The van der Waals surface area contributed by atoms with Crippen LogP contribution in [-0.4, -0.2) is 47.0 Å². The van der Waals surface area contributed by atoms with Gasteiger partial charge < -0.3 is 9.64 Å². The van der Waals surface area contributed by atoms with Gasteiger partial charge >= 0.3 is 0 Å². The smallest absolute Gasteiger partial charge is 0.267 e. The van der Waals surface area contributed by atoms with Crippen LogP contribution < -0.4 is 10.2 Å². The number of ketones is 1. The maximum atomic E-state index is 12.9. The van der Waals surface area contributed by atoms with E-state index in [9.17, 15) is 9.59 Å². The minimum atomic E-state index is -0.623. The highest BCUT2D eigenvalue weighted by Crippen LogP contribution is 2.39. The quantitative estimate of drug-likeness (QED) is 0.419. The predicted molar refractivity (Wildman–Crippen MR) is 119 cm³/mol. The molecule has 31 heavy (non-hydrogen) atoms. The summed E-state index contributed by atoms with van der Waals surface area (Å²) in [6.45, 7) is 2.76. The van der Waals surface area contributed by atoms with Gasteiger partial charge in [0.2, 0.25) is 0 Å². The van der Waals surface area contributed by atoms with Crippen LogP contribution in [0.15, 0.2) is 48.5 Å². The number of rotatable bonds is 5. The average molecular weight is 441 g/mol. The van der Waals surface area contributed by atoms with E-state index in [1.165, 1.54) is 11.6 Å². The van der Waals surface area contributed by atoms with E-state index >= 15 is 0 Å². The molecular formula is C24H25ClN2O4. The first-order valence-corrected chi connectivity index (χ1v) is 10.8. The normalized spacial score (nSPS) is 18.1. The third-order valence-corrected chi connectivity index (χ3v) is 6.30. The van der Waals surface area contributed by atoms with Gasteiger partial charge in [-0.15, -0.1) is 0 Å². The molecule has 6 nitrogen and oxygen atoms in total. The number of benzene rings is 2. The number of hydroxylamine groups is 1. The number of hydrogen-bond acceptors (Lipinski definition) is 5. The SMILES string of the molecule is O=C(/C=C/c1ccc2c(c1)C(=O)CC1(CCN(CCc3ccc(Cl)cc3)CC1)O2)NO. The topological polar surface area (TPSA) is 78.9 Å². The van der Waals surface area contributed by atoms with Crippen molar-refractivity contribution in [1.82, 2.24) is 10.4 Å². The number of ether oxygens (including phenoxy) is 1. The molecule has 0 aliphatic carbocycles. The van der Waals surface area contributed by atoms with Crippen molar-refractivity contribution >= 4 is 29.4 Å². The summed E-state index contributed by atoms with van der Waals surface area (Å²) in [5.74, 6) is 0.0504. The lowest BCUT2D eigenvalue weighted by Gasteiger charge is -2.44. The third-order valence-electron chi connectivity index (χ3n) is 6.05. The Morgan fingerprint density at radius 3 is 2.65 bits per heavy atom. The molecule has 0 atom stereocenters. The fourth-order valence-electron chi connectivity index (χ4n) is 4.23. The van der Waals surface area contributed by atoms with E-state index in [1.54, 1.807) is 29.8 Å². The van der Waals surface area contributed by atoms with Gasteiger partial charge in [0.15, 0.2) is 5.78 Å². The zero-order valence-electron chi connectivity index (χ0n) is 17.1. The highest BCUT2D eigenvalue weighted by molar-refractivity contribution is 6.30. The number of hydrogen-bond donors (Lipinski definition) is 2. The molecule has 0 radical (unpaired) electrons. The molecule has 1 saturated heterocycles. The molecule has 0 aromatic heterocycles. The van der Waals surface area contributed by atoms with Gasteiger partial charge in [0, 0.05) is 43.6 Å². The number of carbonyl (C=O) groups is 2. The predicted octanol–water partition coefficient (Wildman–Crippen LogP) is 3.90. The van der Waals surface area contributed by atoms with Crippen LogP contribution in [-0.2, 0) is 11.2 Å². The van der Waals surface area contributed by atoms with E-state index in [4.69, 9.17) is 21.5 Å². The van der Waals surface area contributed by atoms with E-state index in [2.05, 4.69) is 17.0 Å². The largest absolute Gasteiger partial charge is 0.486 e. The Kier molecular flexibility index (Phi) is 6.41. The Bertz CT molecular complexity index is 995. The van der Waals surface area contributed by atoms with E-state index in [0.29, 0.717) is 23.3 Å². The van der Waals surface area contributed by atoms with E-state index < -0.39 is 11.5 Å². The van der Waals surface area contributed by atoms with Crippen LogP contribution in [0.3, 0.4) is 0 Å². The summed E-state index contributed by atoms with van der Waals surface area (Å²) in [5, 5.41) is 9.33. The summed E-state index contributed by atoms with van der Waals surface area (Å²) < 4.78 is 6.35. The number of piperidine rings is 1. The standard InChI is InChI=1S/C24H25ClN2O4/c25-19-5-1-17(2-6-19)9-12-27-13-10-24(11-14-27)16-21(28)20-15-18(3-7-22(20)31-24)4-8-23(29)26-30/h1-8,15,30H,9-14,16H2,(H,26,29)/b8-4+. The number of fused-ring (bicyclic) bond motifs is 1. The minimum absolute atomic E-state index is 0.0673. The lowest BCUT2D eigenvalue weighted by Crippen LogP contribution is -2.51. The second-order valence-electron chi connectivity index (χ2n) is 8.17. The lowest BCUT2D eigenvalue weighted by atomic mass is 9.82. The van der Waals surface area contributed by atoms with Crippen molar-refractivity contribution in [2.24, 2.45) is 0 Å². The molecule has 2 heterocycles. The second-order valence-corrected chi connectivity index (χ2v) is 8.60. The number of nitrogens with zero attached hydrogens (tertiary/aromatic N) is 1. The number of nitrogens with one attached hydrogen (secondary N) is 1. The average Bonchev–Trinajstić information content (AvgIpc) is 2.78. The molecule has 2 aromatic carbocycles. The summed E-state index contributed by atoms with van der Waals surface area (Å²) in [7, 11) is 0. The monoisotopic (exact) mass is 440 g/mol. The highest BCUT2D eigenvalue weighted by atomic mass is 35.5. The molecule has 2 N–H and O–H groups in total. The molecule has 0 saturated carbocycles. The number of likely N-dealkylation sites (tertiary alicyclic amines) is 1. The van der Waals surface area contributed by atoms with Crippen LogP contribution in [0.25, 0.3) is 6.08 Å². The van der Waals surface area contributed by atoms with Crippen LogP contribution >= 0.6 is 11.6 Å². The molecule has 2 aromatic rings. The summed E-state index contributed by atoms with van der Waals surface area (Å²) in [6.07, 6.45) is 5.72. The van der Waals surface area contributed by atoms with Crippen LogP contribution in [0.4, 0.5) is 0 Å². The zero-order chi connectivity index (χ0) is 21.8. The minimum Gasteiger partial charge on any atom is -0.486 e. The summed E-state index contributed by atoms with van der Waals surface area (Å²) >= 11 is 5.95. The molecule has 1 spiro atoms. The fourth-order valence-corrected chi connectivity index (χ4v) is 4.35. The number of amides is 1. The Morgan fingerprint density at radius 1 is 1.19 bits per heavy atom. The molecule has 7 heteroatoms. The van der Waals surface area contributed by atoms with Crippen molar-refractivity contribution in [2.45, 2.75) is 31.3 Å². The summed E-state index contributed by atoms with van der Waals surface area (Å²) in [6, 6.07) is 13.3. The van der Waals surface area contributed by atoms with Gasteiger partial charge in [-0.3, -0.25) is 14.8 Å². The van der Waals surface area contributed by atoms with Crippen molar-refractivity contribution in [2.75, 3.05) is 19.6 Å². The van der Waals surface area contributed by atoms with Gasteiger partial charge in [-0.1, -0.05) is 29.8 Å². The summed E-state index contributed by atoms with van der Waals surface area (Å²) in [4.78, 5) is 26.5. The van der Waals surface area contributed by atoms with E-state index in [1.807, 2.05) is 12.1 Å². The Hall–Kier alpha value is -2.67. The lowest BCUT2D eigenvalue weighted by molar-refractivity contribution is -0.124. The third kappa shape index (κ3) is 5.15. The first-order valence-electron chi connectivity index (χ1n) is 10.4. The van der Waals surface area contributed by atoms with Crippen LogP contribution in [0.5, 0.6) is 5.75 Å². The Labute approximate surface area is 186 Å². The molecule has 1 amide bonds. The van der Waals surface area contributed by atoms with Crippen molar-refractivity contribution in [3.63, 3.8) is 0 Å². The number of carbonyl (C=O) groups excluding carboxylic acids is 2. The van der Waals surface area contributed by atoms with Crippen LogP contribution in [0.2, 0.25) is 5.02 Å². The Balaban J connectivity index is 1.36. The molecule has 0 unspecified atom stereocenters. The van der Waals surface area contributed by atoms with Crippen molar-refractivity contribution in [3.8, 4) is 5.75 Å². The molecular weight excluding hydrogens is 416 g/mol. The molecule has 2 aliphatic heterocycles. The van der Waals surface area contributed by atoms with Crippen molar-refractivity contribution < 1.29 is 19.5 Å². The first-order chi connectivity index (χ1) is 15.0. The Morgan fingerprint density at radius 2 is 1.94 bits per heavy atom. The fraction of sp³-hybridized carbons (Fsp3) is 0.333. The van der Waals surface area contributed by atoms with Gasteiger partial charge in [0.05, 0.1) is 12.0 Å². The number of Topliss-reactive ketones (excluding diaryl/α,β-unsaturated/α-hetero) is 1. The van der Waals surface area contributed by atoms with Crippen molar-refractivity contribution in [1.29, 1.82) is 0 Å². The molecule has 4 rings (SSSR count). The highest BCUT2D eigenvalue weighted by Gasteiger charge is 2.42. The van der Waals surface area contributed by atoms with Gasteiger partial charge in [-0.25, -0.2) is 5.48 Å². The molecule has 162 valence electrons. The van der Waals surface area contributed by atoms with Gasteiger partial charge in [-0.2, -0.15) is 0 Å². The summed E-state index contributed by atoms with van der Waals surface area (Å²) in [5.41, 5.74) is 3.62. The molecule has 2 aliphatic rings.